The first kappa shape index (κ1) is 11.1. The van der Waals surface area contributed by atoms with Crippen molar-refractivity contribution in [2.45, 2.75) is 13.8 Å². The van der Waals surface area contributed by atoms with Gasteiger partial charge in [-0.3, -0.25) is 4.90 Å². The molecule has 5 nitrogen and oxygen atoms in total. The van der Waals surface area contributed by atoms with Gasteiger partial charge in [-0.05, 0) is 19.9 Å². The number of anilines is 2. The molecule has 17 heavy (non-hydrogen) atoms. The van der Waals surface area contributed by atoms with Crippen LogP contribution >= 0.6 is 0 Å². The lowest BCUT2D eigenvalue weighted by Crippen LogP contribution is -2.12. The molecule has 0 spiro atoms. The van der Waals surface area contributed by atoms with Gasteiger partial charge in [0.15, 0.2) is 0 Å². The van der Waals surface area contributed by atoms with E-state index >= 15 is 0 Å². The van der Waals surface area contributed by atoms with Crippen LogP contribution in [0, 0.1) is 25.2 Å². The molecular formula is C12H12N4O. The fraction of sp³-hybridized carbons (Fsp3) is 0.250. The third kappa shape index (κ3) is 2.26. The van der Waals surface area contributed by atoms with E-state index in [1.54, 1.807) is 17.9 Å². The van der Waals surface area contributed by atoms with Crippen molar-refractivity contribution >= 4 is 11.7 Å². The molecule has 2 aromatic heterocycles. The Labute approximate surface area is 99.3 Å². The summed E-state index contributed by atoms with van der Waals surface area (Å²) in [6.45, 7) is 3.63. The summed E-state index contributed by atoms with van der Waals surface area (Å²) in [5.41, 5.74) is 0.350. The molecule has 0 saturated carbocycles. The maximum Gasteiger partial charge on any atom is 0.200 e. The van der Waals surface area contributed by atoms with Crippen molar-refractivity contribution < 1.29 is 4.42 Å². The van der Waals surface area contributed by atoms with Crippen LogP contribution in [0.5, 0.6) is 0 Å². The van der Waals surface area contributed by atoms with E-state index in [1.165, 1.54) is 0 Å². The zero-order chi connectivity index (χ0) is 12.4. The lowest BCUT2D eigenvalue weighted by molar-refractivity contribution is 0.537. The molecule has 0 N–H and O–H groups in total. The molecule has 0 aromatic carbocycles. The SMILES string of the molecule is Cc1nc(C#N)cc(N(C)c2ccc(C)o2)n1. The maximum absolute atomic E-state index is 8.86. The first-order chi connectivity index (χ1) is 8.10. The van der Waals surface area contributed by atoms with Crippen molar-refractivity contribution in [2.75, 3.05) is 11.9 Å². The van der Waals surface area contributed by atoms with E-state index in [4.69, 9.17) is 9.68 Å². The van der Waals surface area contributed by atoms with E-state index in [1.807, 2.05) is 32.2 Å². The average Bonchev–Trinajstić information content (AvgIpc) is 2.74. The first-order valence-electron chi connectivity index (χ1n) is 5.16. The molecule has 0 aliphatic rings. The molecule has 86 valence electrons. The molecule has 0 fully saturated rings. The lowest BCUT2D eigenvalue weighted by Gasteiger charge is -2.15. The van der Waals surface area contributed by atoms with Crippen LogP contribution < -0.4 is 4.90 Å². The Morgan fingerprint density at radius 2 is 2.06 bits per heavy atom. The number of hydrogen-bond donors (Lipinski definition) is 0. The van der Waals surface area contributed by atoms with Crippen molar-refractivity contribution in [3.8, 4) is 6.07 Å². The van der Waals surface area contributed by atoms with Crippen LogP contribution in [0.15, 0.2) is 22.6 Å². The maximum atomic E-state index is 8.86. The number of nitriles is 1. The lowest BCUT2D eigenvalue weighted by atomic mass is 10.4. The smallest absolute Gasteiger partial charge is 0.200 e. The second-order valence-corrected chi connectivity index (χ2v) is 3.71. The molecule has 0 radical (unpaired) electrons. The molecule has 0 saturated heterocycles. The predicted molar refractivity (Wildman–Crippen MR) is 63.0 cm³/mol. The number of furan rings is 1. The predicted octanol–water partition coefficient (Wildman–Crippen LogP) is 2.33. The van der Waals surface area contributed by atoms with E-state index < -0.39 is 0 Å². The minimum absolute atomic E-state index is 0.350. The van der Waals surface area contributed by atoms with Gasteiger partial charge in [0.2, 0.25) is 5.88 Å². The van der Waals surface area contributed by atoms with Crippen LogP contribution in [-0.2, 0) is 0 Å². The fourth-order valence-corrected chi connectivity index (χ4v) is 1.50. The van der Waals surface area contributed by atoms with Gasteiger partial charge in [0.25, 0.3) is 0 Å². The molecule has 0 bridgehead atoms. The van der Waals surface area contributed by atoms with Crippen LogP contribution in [0.2, 0.25) is 0 Å². The van der Waals surface area contributed by atoms with Crippen LogP contribution in [0.1, 0.15) is 17.3 Å². The van der Waals surface area contributed by atoms with Gasteiger partial charge in [0.05, 0.1) is 0 Å². The Morgan fingerprint density at radius 1 is 1.29 bits per heavy atom. The Bertz CT molecular complexity index is 582. The number of rotatable bonds is 2. The van der Waals surface area contributed by atoms with Crippen molar-refractivity contribution in [1.82, 2.24) is 9.97 Å². The molecular weight excluding hydrogens is 216 g/mol. The number of aryl methyl sites for hydroxylation is 2. The van der Waals surface area contributed by atoms with Gasteiger partial charge in [0.1, 0.15) is 29.2 Å². The Balaban J connectivity index is 2.40. The monoisotopic (exact) mass is 228 g/mol. The molecule has 5 heteroatoms. The summed E-state index contributed by atoms with van der Waals surface area (Å²) in [5.74, 6) is 2.72. The summed E-state index contributed by atoms with van der Waals surface area (Å²) >= 11 is 0. The molecule has 0 atom stereocenters. The van der Waals surface area contributed by atoms with Gasteiger partial charge in [-0.25, -0.2) is 9.97 Å². The molecule has 0 aliphatic heterocycles. The minimum Gasteiger partial charge on any atom is -0.445 e. The first-order valence-corrected chi connectivity index (χ1v) is 5.16. The summed E-state index contributed by atoms with van der Waals surface area (Å²) in [7, 11) is 1.83. The highest BCUT2D eigenvalue weighted by Crippen LogP contribution is 2.24. The third-order valence-corrected chi connectivity index (χ3v) is 2.34. The Hall–Kier alpha value is -2.35. The molecule has 0 aliphatic carbocycles. The molecule has 0 amide bonds. The molecule has 2 aromatic rings. The normalized spacial score (nSPS) is 10.0. The second-order valence-electron chi connectivity index (χ2n) is 3.71. The van der Waals surface area contributed by atoms with Gasteiger partial charge in [-0.2, -0.15) is 5.26 Å². The van der Waals surface area contributed by atoms with Crippen LogP contribution in [0.4, 0.5) is 11.7 Å². The largest absolute Gasteiger partial charge is 0.445 e. The van der Waals surface area contributed by atoms with Gasteiger partial charge in [0, 0.05) is 19.2 Å². The van der Waals surface area contributed by atoms with Crippen molar-refractivity contribution in [3.05, 3.63) is 35.5 Å². The number of hydrogen-bond acceptors (Lipinski definition) is 5. The van der Waals surface area contributed by atoms with Gasteiger partial charge in [-0.1, -0.05) is 0 Å². The summed E-state index contributed by atoms with van der Waals surface area (Å²) in [6.07, 6.45) is 0. The zero-order valence-electron chi connectivity index (χ0n) is 9.93. The van der Waals surface area contributed by atoms with Gasteiger partial charge < -0.3 is 4.42 Å². The topological polar surface area (TPSA) is 66.0 Å². The highest BCUT2D eigenvalue weighted by molar-refractivity contribution is 5.54. The Kier molecular flexibility index (Phi) is 2.79. The van der Waals surface area contributed by atoms with Crippen LogP contribution in [0.3, 0.4) is 0 Å². The second kappa shape index (κ2) is 4.26. The van der Waals surface area contributed by atoms with E-state index in [-0.39, 0.29) is 0 Å². The third-order valence-electron chi connectivity index (χ3n) is 2.34. The van der Waals surface area contributed by atoms with Crippen molar-refractivity contribution in [3.63, 3.8) is 0 Å². The van der Waals surface area contributed by atoms with E-state index in [0.29, 0.717) is 23.2 Å². The Morgan fingerprint density at radius 3 is 2.65 bits per heavy atom. The summed E-state index contributed by atoms with van der Waals surface area (Å²) in [6, 6.07) is 7.38. The summed E-state index contributed by atoms with van der Waals surface area (Å²) < 4.78 is 5.50. The highest BCUT2D eigenvalue weighted by Gasteiger charge is 2.11. The van der Waals surface area contributed by atoms with Crippen LogP contribution in [0.25, 0.3) is 0 Å². The fourth-order valence-electron chi connectivity index (χ4n) is 1.50. The van der Waals surface area contributed by atoms with E-state index in [9.17, 15) is 0 Å². The average molecular weight is 228 g/mol. The van der Waals surface area contributed by atoms with Crippen molar-refractivity contribution in [2.24, 2.45) is 0 Å². The highest BCUT2D eigenvalue weighted by atomic mass is 16.4. The minimum atomic E-state index is 0.350. The van der Waals surface area contributed by atoms with Crippen LogP contribution in [-0.4, -0.2) is 17.0 Å². The van der Waals surface area contributed by atoms with E-state index in [0.717, 1.165) is 5.76 Å². The van der Waals surface area contributed by atoms with Crippen molar-refractivity contribution in [1.29, 1.82) is 5.26 Å². The van der Waals surface area contributed by atoms with Gasteiger partial charge >= 0.3 is 0 Å². The zero-order valence-corrected chi connectivity index (χ0v) is 9.93. The van der Waals surface area contributed by atoms with E-state index in [2.05, 4.69) is 9.97 Å². The molecule has 2 heterocycles. The standard InChI is InChI=1S/C12H12N4O/c1-8-4-5-12(17-8)16(3)11-6-10(7-13)14-9(2)15-11/h4-6H,1-3H3. The molecule has 0 unspecified atom stereocenters. The summed E-state index contributed by atoms with van der Waals surface area (Å²) in [4.78, 5) is 10.1. The quantitative estimate of drug-likeness (QED) is 0.789. The van der Waals surface area contributed by atoms with Gasteiger partial charge in [-0.15, -0.1) is 0 Å². The number of nitrogens with zero attached hydrogens (tertiary/aromatic N) is 4. The molecule has 2 rings (SSSR count). The summed E-state index contributed by atoms with van der Waals surface area (Å²) in [5, 5.41) is 8.86. The number of aromatic nitrogens is 2.